The van der Waals surface area contributed by atoms with Crippen molar-refractivity contribution in [3.8, 4) is 0 Å². The summed E-state index contributed by atoms with van der Waals surface area (Å²) in [6, 6.07) is 0. The highest BCUT2D eigenvalue weighted by Crippen LogP contribution is 1.93. The maximum atomic E-state index is 10.8. The fraction of sp³-hybridized carbons (Fsp3) is 0.900. The Kier molecular flexibility index (Phi) is 13.1. The summed E-state index contributed by atoms with van der Waals surface area (Å²) in [7, 11) is 3.98. The van der Waals surface area contributed by atoms with Gasteiger partial charge in [-0.2, -0.15) is 0 Å². The predicted octanol–water partition coefficient (Wildman–Crippen LogP) is 1.92. The van der Waals surface area contributed by atoms with Gasteiger partial charge < -0.3 is 9.64 Å². The third-order valence-electron chi connectivity index (χ3n) is 1.29. The Labute approximate surface area is 82.1 Å². The van der Waals surface area contributed by atoms with Crippen LogP contribution in [0.3, 0.4) is 0 Å². The van der Waals surface area contributed by atoms with Gasteiger partial charge in [0.05, 0.1) is 6.61 Å². The third kappa shape index (κ3) is 14.3. The Bertz CT molecular complexity index is 113. The van der Waals surface area contributed by atoms with Crippen molar-refractivity contribution in [2.24, 2.45) is 0 Å². The average Bonchev–Trinajstić information content (AvgIpc) is 2.08. The third-order valence-corrected chi connectivity index (χ3v) is 1.29. The van der Waals surface area contributed by atoms with E-state index < -0.39 is 0 Å². The van der Waals surface area contributed by atoms with Gasteiger partial charge in [-0.25, -0.2) is 0 Å². The van der Waals surface area contributed by atoms with Gasteiger partial charge in [-0.3, -0.25) is 4.79 Å². The fourth-order valence-electron chi connectivity index (χ4n) is 0.773. The molecule has 0 aliphatic carbocycles. The highest BCUT2D eigenvalue weighted by atomic mass is 16.5. The van der Waals surface area contributed by atoms with Gasteiger partial charge in [0.2, 0.25) is 0 Å². The van der Waals surface area contributed by atoms with E-state index in [0.717, 1.165) is 13.0 Å². The van der Waals surface area contributed by atoms with E-state index in [0.29, 0.717) is 13.0 Å². The monoisotopic (exact) mass is 189 g/mol. The first-order valence-electron chi connectivity index (χ1n) is 4.97. The first-order chi connectivity index (χ1) is 6.16. The van der Waals surface area contributed by atoms with Crippen molar-refractivity contribution in [3.63, 3.8) is 0 Å². The zero-order valence-electron chi connectivity index (χ0n) is 9.59. The van der Waals surface area contributed by atoms with E-state index in [1.54, 1.807) is 0 Å². The number of hydrogen-bond donors (Lipinski definition) is 0. The molecule has 0 aromatic rings. The molecule has 0 N–H and O–H groups in total. The molecule has 0 saturated carbocycles. The number of rotatable bonds is 5. The van der Waals surface area contributed by atoms with Crippen LogP contribution < -0.4 is 0 Å². The lowest BCUT2D eigenvalue weighted by atomic mass is 10.3. The number of nitrogens with zero attached hydrogens (tertiary/aromatic N) is 1. The van der Waals surface area contributed by atoms with Crippen LogP contribution in [-0.2, 0) is 9.53 Å². The maximum Gasteiger partial charge on any atom is 0.305 e. The molecule has 0 heterocycles. The van der Waals surface area contributed by atoms with Crippen LogP contribution in [0.25, 0.3) is 0 Å². The van der Waals surface area contributed by atoms with Crippen LogP contribution in [-0.4, -0.2) is 38.1 Å². The fourth-order valence-corrected chi connectivity index (χ4v) is 0.773. The molecule has 3 nitrogen and oxygen atoms in total. The largest absolute Gasteiger partial charge is 0.466 e. The van der Waals surface area contributed by atoms with E-state index in [1.807, 2.05) is 34.9 Å². The summed E-state index contributed by atoms with van der Waals surface area (Å²) in [5.41, 5.74) is 0. The molecule has 0 unspecified atom stereocenters. The van der Waals surface area contributed by atoms with E-state index in [4.69, 9.17) is 4.74 Å². The molecule has 0 amide bonds. The highest BCUT2D eigenvalue weighted by Gasteiger charge is 2.00. The molecule has 0 aliphatic rings. The van der Waals surface area contributed by atoms with Crippen LogP contribution in [0.1, 0.15) is 33.6 Å². The number of ether oxygens (including phenoxy) is 1. The zero-order valence-corrected chi connectivity index (χ0v) is 9.59. The molecule has 0 saturated heterocycles. The van der Waals surface area contributed by atoms with Crippen molar-refractivity contribution >= 4 is 5.97 Å². The van der Waals surface area contributed by atoms with Crippen molar-refractivity contribution in [2.45, 2.75) is 33.6 Å². The van der Waals surface area contributed by atoms with Crippen LogP contribution in [0.4, 0.5) is 0 Å². The number of hydrogen-bond acceptors (Lipinski definition) is 3. The molecule has 0 fully saturated rings. The second-order valence-corrected chi connectivity index (χ2v) is 2.71. The topological polar surface area (TPSA) is 29.5 Å². The van der Waals surface area contributed by atoms with Gasteiger partial charge in [-0.15, -0.1) is 0 Å². The second-order valence-electron chi connectivity index (χ2n) is 2.71. The Morgan fingerprint density at radius 3 is 2.23 bits per heavy atom. The van der Waals surface area contributed by atoms with Crippen molar-refractivity contribution < 1.29 is 9.53 Å². The summed E-state index contributed by atoms with van der Waals surface area (Å²) >= 11 is 0. The summed E-state index contributed by atoms with van der Waals surface area (Å²) in [6.07, 6.45) is 1.41. The molecule has 0 atom stereocenters. The minimum absolute atomic E-state index is 0.0886. The van der Waals surface area contributed by atoms with E-state index in [2.05, 4.69) is 4.90 Å². The van der Waals surface area contributed by atoms with E-state index >= 15 is 0 Å². The molecule has 0 aromatic heterocycles. The van der Waals surface area contributed by atoms with Crippen LogP contribution in [0, 0.1) is 0 Å². The van der Waals surface area contributed by atoms with Crippen LogP contribution in [0.5, 0.6) is 0 Å². The van der Waals surface area contributed by atoms with Crippen molar-refractivity contribution in [1.82, 2.24) is 4.90 Å². The summed E-state index contributed by atoms with van der Waals surface area (Å²) in [5, 5.41) is 0. The summed E-state index contributed by atoms with van der Waals surface area (Å²) < 4.78 is 4.77. The standard InChI is InChI=1S/C8H17NO2.C2H6/c1-4-11-8(10)6-5-7-9(2)3;1-2/h4-7H2,1-3H3;1-2H3. The van der Waals surface area contributed by atoms with Crippen LogP contribution >= 0.6 is 0 Å². The first-order valence-corrected chi connectivity index (χ1v) is 4.97. The normalized spacial score (nSPS) is 9.08. The summed E-state index contributed by atoms with van der Waals surface area (Å²) in [4.78, 5) is 12.8. The lowest BCUT2D eigenvalue weighted by Gasteiger charge is -2.07. The molecule has 80 valence electrons. The number of carbonyl (C=O) groups is 1. The van der Waals surface area contributed by atoms with Crippen molar-refractivity contribution in [1.29, 1.82) is 0 Å². The quantitative estimate of drug-likeness (QED) is 0.619. The molecule has 0 radical (unpaired) electrons. The van der Waals surface area contributed by atoms with E-state index in [-0.39, 0.29) is 5.97 Å². The second kappa shape index (κ2) is 11.4. The lowest BCUT2D eigenvalue weighted by Crippen LogP contribution is -2.15. The predicted molar refractivity (Wildman–Crippen MR) is 55.8 cm³/mol. The molecule has 0 aromatic carbocycles. The average molecular weight is 189 g/mol. The zero-order chi connectivity index (χ0) is 10.7. The van der Waals surface area contributed by atoms with Crippen molar-refractivity contribution in [2.75, 3.05) is 27.2 Å². The number of carbonyl (C=O) groups excluding carboxylic acids is 1. The molecule has 0 rings (SSSR count). The van der Waals surface area contributed by atoms with Gasteiger partial charge in [-0.05, 0) is 34.0 Å². The van der Waals surface area contributed by atoms with Gasteiger partial charge in [0.15, 0.2) is 0 Å². The Morgan fingerprint density at radius 1 is 1.31 bits per heavy atom. The molecule has 0 aliphatic heterocycles. The molecule has 13 heavy (non-hydrogen) atoms. The Balaban J connectivity index is 0. The molecular formula is C10H23NO2. The van der Waals surface area contributed by atoms with Crippen LogP contribution in [0.15, 0.2) is 0 Å². The molecular weight excluding hydrogens is 166 g/mol. The lowest BCUT2D eigenvalue weighted by molar-refractivity contribution is -0.143. The van der Waals surface area contributed by atoms with E-state index in [1.165, 1.54) is 0 Å². The van der Waals surface area contributed by atoms with E-state index in [9.17, 15) is 4.79 Å². The van der Waals surface area contributed by atoms with Gasteiger partial charge >= 0.3 is 5.97 Å². The SMILES string of the molecule is CC.CCOC(=O)CCCN(C)C. The summed E-state index contributed by atoms with van der Waals surface area (Å²) in [5.74, 6) is -0.0886. The maximum absolute atomic E-state index is 10.8. The minimum Gasteiger partial charge on any atom is -0.466 e. The van der Waals surface area contributed by atoms with Crippen LogP contribution in [0.2, 0.25) is 0 Å². The molecule has 3 heteroatoms. The molecule has 0 spiro atoms. The smallest absolute Gasteiger partial charge is 0.305 e. The molecule has 0 bridgehead atoms. The first kappa shape index (κ1) is 14.9. The minimum atomic E-state index is -0.0886. The van der Waals surface area contributed by atoms with Gasteiger partial charge in [-0.1, -0.05) is 13.8 Å². The Morgan fingerprint density at radius 2 is 1.85 bits per heavy atom. The van der Waals surface area contributed by atoms with Gasteiger partial charge in [0.1, 0.15) is 0 Å². The van der Waals surface area contributed by atoms with Gasteiger partial charge in [0.25, 0.3) is 0 Å². The Hall–Kier alpha value is -0.570. The van der Waals surface area contributed by atoms with Gasteiger partial charge in [0, 0.05) is 6.42 Å². The highest BCUT2D eigenvalue weighted by molar-refractivity contribution is 5.69. The summed E-state index contributed by atoms with van der Waals surface area (Å²) in [6.45, 7) is 7.25. The number of esters is 1. The van der Waals surface area contributed by atoms with Crippen molar-refractivity contribution in [3.05, 3.63) is 0 Å².